The number of ether oxygens (including phenoxy) is 1. The van der Waals surface area contributed by atoms with Crippen LogP contribution >= 0.6 is 23.2 Å². The maximum absolute atomic E-state index is 6.26. The molecule has 0 aliphatic carbocycles. The second kappa shape index (κ2) is 8.60. The molecule has 0 saturated heterocycles. The number of imidazole rings is 1. The largest absolute Gasteiger partial charge is 0.495 e. The first-order chi connectivity index (χ1) is 15.5. The molecule has 8 heteroatoms. The van der Waals surface area contributed by atoms with Crippen molar-refractivity contribution in [2.24, 2.45) is 0 Å². The van der Waals surface area contributed by atoms with Gasteiger partial charge in [0.05, 0.1) is 52.3 Å². The van der Waals surface area contributed by atoms with Crippen molar-refractivity contribution in [1.29, 1.82) is 0 Å². The van der Waals surface area contributed by atoms with Gasteiger partial charge in [-0.2, -0.15) is 0 Å². The van der Waals surface area contributed by atoms with Crippen LogP contribution in [0.5, 0.6) is 5.75 Å². The molecule has 0 bridgehead atoms. The van der Waals surface area contributed by atoms with Crippen molar-refractivity contribution >= 4 is 23.2 Å². The van der Waals surface area contributed by atoms with Crippen LogP contribution in [0.25, 0.3) is 5.69 Å². The Hall–Kier alpha value is -2.83. The number of hydrogen-bond acceptors (Lipinski definition) is 4. The van der Waals surface area contributed by atoms with Crippen molar-refractivity contribution in [3.8, 4) is 11.4 Å². The lowest BCUT2D eigenvalue weighted by Gasteiger charge is -2.25. The van der Waals surface area contributed by atoms with Gasteiger partial charge in [0.15, 0.2) is 0 Å². The van der Waals surface area contributed by atoms with E-state index in [1.807, 2.05) is 35.9 Å². The lowest BCUT2D eigenvalue weighted by Crippen LogP contribution is -2.20. The SMILES string of the molecule is COc1cc(Cc2nnn3c2CCCC3c2ccc(Cl)c(Cl)c2)ccc1-n1cnc(C)c1. The first-order valence-corrected chi connectivity index (χ1v) is 11.3. The minimum atomic E-state index is 0.121. The average molecular weight is 468 g/mol. The van der Waals surface area contributed by atoms with E-state index in [1.165, 1.54) is 5.69 Å². The number of methoxy groups -OCH3 is 1. The molecule has 0 spiro atoms. The molecule has 2 aromatic carbocycles. The van der Waals surface area contributed by atoms with Gasteiger partial charge in [0.1, 0.15) is 5.75 Å². The van der Waals surface area contributed by atoms with Crippen LogP contribution < -0.4 is 4.74 Å². The summed E-state index contributed by atoms with van der Waals surface area (Å²) in [4.78, 5) is 4.31. The molecule has 0 amide bonds. The van der Waals surface area contributed by atoms with E-state index in [1.54, 1.807) is 13.4 Å². The van der Waals surface area contributed by atoms with Gasteiger partial charge in [-0.15, -0.1) is 5.10 Å². The first kappa shape index (κ1) is 21.0. The minimum Gasteiger partial charge on any atom is -0.495 e. The Labute approximate surface area is 196 Å². The fraction of sp³-hybridized carbons (Fsp3) is 0.292. The molecule has 0 saturated carbocycles. The van der Waals surface area contributed by atoms with E-state index >= 15 is 0 Å². The topological polar surface area (TPSA) is 57.8 Å². The molecule has 0 radical (unpaired) electrons. The lowest BCUT2D eigenvalue weighted by atomic mass is 9.95. The summed E-state index contributed by atoms with van der Waals surface area (Å²) in [6, 6.07) is 12.2. The molecule has 164 valence electrons. The van der Waals surface area contributed by atoms with Gasteiger partial charge in [-0.05, 0) is 61.6 Å². The Kier molecular flexibility index (Phi) is 5.66. The van der Waals surface area contributed by atoms with Gasteiger partial charge in [-0.1, -0.05) is 40.5 Å². The van der Waals surface area contributed by atoms with Crippen molar-refractivity contribution in [1.82, 2.24) is 24.5 Å². The molecule has 5 rings (SSSR count). The molecule has 4 aromatic rings. The third-order valence-electron chi connectivity index (χ3n) is 5.99. The molecule has 6 nitrogen and oxygen atoms in total. The van der Waals surface area contributed by atoms with Crippen LogP contribution in [0.3, 0.4) is 0 Å². The molecular formula is C24H23Cl2N5O. The number of benzene rings is 2. The average Bonchev–Trinajstić information content (AvgIpc) is 3.42. The van der Waals surface area contributed by atoms with Crippen molar-refractivity contribution in [2.45, 2.75) is 38.6 Å². The summed E-state index contributed by atoms with van der Waals surface area (Å²) in [6.45, 7) is 1.97. The van der Waals surface area contributed by atoms with E-state index < -0.39 is 0 Å². The summed E-state index contributed by atoms with van der Waals surface area (Å²) in [6.07, 6.45) is 7.52. The second-order valence-corrected chi connectivity index (χ2v) is 8.93. The van der Waals surface area contributed by atoms with E-state index in [-0.39, 0.29) is 6.04 Å². The maximum atomic E-state index is 6.26. The molecule has 0 fully saturated rings. The summed E-state index contributed by atoms with van der Waals surface area (Å²) in [7, 11) is 1.69. The van der Waals surface area contributed by atoms with Crippen molar-refractivity contribution in [3.63, 3.8) is 0 Å². The number of halogens is 2. The monoisotopic (exact) mass is 467 g/mol. The van der Waals surface area contributed by atoms with Gasteiger partial charge in [-0.3, -0.25) is 0 Å². The van der Waals surface area contributed by atoms with Crippen LogP contribution in [-0.2, 0) is 12.8 Å². The third-order valence-corrected chi connectivity index (χ3v) is 6.73. The smallest absolute Gasteiger partial charge is 0.143 e. The number of rotatable bonds is 5. The molecule has 1 unspecified atom stereocenters. The van der Waals surface area contributed by atoms with Crippen molar-refractivity contribution < 1.29 is 4.74 Å². The van der Waals surface area contributed by atoms with Gasteiger partial charge >= 0.3 is 0 Å². The highest BCUT2D eigenvalue weighted by molar-refractivity contribution is 6.42. The van der Waals surface area contributed by atoms with Crippen molar-refractivity contribution in [3.05, 3.63) is 87.2 Å². The zero-order chi connectivity index (χ0) is 22.2. The lowest BCUT2D eigenvalue weighted by molar-refractivity contribution is 0.409. The fourth-order valence-electron chi connectivity index (χ4n) is 4.40. The third kappa shape index (κ3) is 3.89. The van der Waals surface area contributed by atoms with E-state index in [2.05, 4.69) is 38.2 Å². The van der Waals surface area contributed by atoms with Crippen LogP contribution in [-0.4, -0.2) is 31.7 Å². The van der Waals surface area contributed by atoms with Crippen LogP contribution in [0.2, 0.25) is 10.0 Å². The van der Waals surface area contributed by atoms with Gasteiger partial charge in [0.2, 0.25) is 0 Å². The van der Waals surface area contributed by atoms with Crippen LogP contribution in [0.4, 0.5) is 0 Å². The molecule has 1 aliphatic rings. The molecule has 32 heavy (non-hydrogen) atoms. The van der Waals surface area contributed by atoms with Gasteiger partial charge in [0.25, 0.3) is 0 Å². The Morgan fingerprint density at radius 2 is 2.00 bits per heavy atom. The highest BCUT2D eigenvalue weighted by Crippen LogP contribution is 2.34. The van der Waals surface area contributed by atoms with E-state index in [9.17, 15) is 0 Å². The van der Waals surface area contributed by atoms with Crippen LogP contribution in [0.15, 0.2) is 48.9 Å². The standard InChI is InChI=1S/C24H23Cl2N5O/c1-15-13-30(14-27-15)23-9-6-16(11-24(23)32-2)10-20-22-5-3-4-21(31(22)29-28-20)17-7-8-18(25)19(26)12-17/h6-9,11-14,21H,3-5,10H2,1-2H3. The summed E-state index contributed by atoms with van der Waals surface area (Å²) in [5.41, 5.74) is 6.34. The zero-order valence-corrected chi connectivity index (χ0v) is 19.4. The molecule has 2 aromatic heterocycles. The van der Waals surface area contributed by atoms with Gasteiger partial charge < -0.3 is 9.30 Å². The number of hydrogen-bond donors (Lipinski definition) is 0. The molecule has 1 aliphatic heterocycles. The Morgan fingerprint density at radius 1 is 1.12 bits per heavy atom. The summed E-state index contributed by atoms with van der Waals surface area (Å²) >= 11 is 12.4. The predicted octanol–water partition coefficient (Wildman–Crippen LogP) is 5.60. The fourth-order valence-corrected chi connectivity index (χ4v) is 4.70. The summed E-state index contributed by atoms with van der Waals surface area (Å²) < 4.78 is 9.69. The quantitative estimate of drug-likeness (QED) is 0.383. The highest BCUT2D eigenvalue weighted by Gasteiger charge is 2.26. The summed E-state index contributed by atoms with van der Waals surface area (Å²) in [5.74, 6) is 0.801. The minimum absolute atomic E-state index is 0.121. The normalized spacial score (nSPS) is 15.6. The number of aromatic nitrogens is 5. The number of aryl methyl sites for hydroxylation is 1. The Morgan fingerprint density at radius 3 is 2.75 bits per heavy atom. The van der Waals surface area contributed by atoms with E-state index in [4.69, 9.17) is 27.9 Å². The zero-order valence-electron chi connectivity index (χ0n) is 17.9. The highest BCUT2D eigenvalue weighted by atomic mass is 35.5. The number of nitrogens with zero attached hydrogens (tertiary/aromatic N) is 5. The molecule has 3 heterocycles. The molecular weight excluding hydrogens is 445 g/mol. The second-order valence-electron chi connectivity index (χ2n) is 8.11. The molecule has 0 N–H and O–H groups in total. The van der Waals surface area contributed by atoms with E-state index in [0.717, 1.165) is 53.2 Å². The maximum Gasteiger partial charge on any atom is 0.143 e. The molecule has 1 atom stereocenters. The van der Waals surface area contributed by atoms with Crippen LogP contribution in [0.1, 0.15) is 47.1 Å². The van der Waals surface area contributed by atoms with Crippen molar-refractivity contribution in [2.75, 3.05) is 7.11 Å². The van der Waals surface area contributed by atoms with Gasteiger partial charge in [0, 0.05) is 12.6 Å². The number of fused-ring (bicyclic) bond motifs is 1. The summed E-state index contributed by atoms with van der Waals surface area (Å²) in [5, 5.41) is 10.2. The predicted molar refractivity (Wildman–Crippen MR) is 125 cm³/mol. The van der Waals surface area contributed by atoms with E-state index in [0.29, 0.717) is 16.5 Å². The first-order valence-electron chi connectivity index (χ1n) is 10.6. The van der Waals surface area contributed by atoms with Gasteiger partial charge in [-0.25, -0.2) is 9.67 Å². The Bertz CT molecular complexity index is 1280. The Balaban J connectivity index is 1.44. The van der Waals surface area contributed by atoms with Crippen LogP contribution in [0, 0.1) is 6.92 Å².